The van der Waals surface area contributed by atoms with Crippen molar-refractivity contribution in [3.63, 3.8) is 0 Å². The van der Waals surface area contributed by atoms with Gasteiger partial charge in [0.1, 0.15) is 6.61 Å². The Morgan fingerprint density at radius 2 is 2.47 bits per heavy atom. The van der Waals surface area contributed by atoms with Crippen LogP contribution in [0.2, 0.25) is 0 Å². The Bertz CT molecular complexity index is 191. The minimum absolute atomic E-state index is 0.269. The Morgan fingerprint density at radius 1 is 1.67 bits per heavy atom. The highest BCUT2D eigenvalue weighted by Crippen LogP contribution is 2.24. The highest BCUT2D eigenvalue weighted by Gasteiger charge is 2.22. The molecule has 0 saturated carbocycles. The van der Waals surface area contributed by atoms with Gasteiger partial charge in [0.25, 0.3) is 0 Å². The minimum atomic E-state index is -0.401. The number of hydrogen-bond acceptors (Lipinski definition) is 3. The third kappa shape index (κ3) is 4.18. The molecule has 15 heavy (non-hydrogen) atoms. The first kappa shape index (κ1) is 12.5. The van der Waals surface area contributed by atoms with Gasteiger partial charge in [0.2, 0.25) is 5.91 Å². The summed E-state index contributed by atoms with van der Waals surface area (Å²) in [6.45, 7) is 4.74. The van der Waals surface area contributed by atoms with Crippen LogP contribution in [0, 0.1) is 11.8 Å². The van der Waals surface area contributed by atoms with Crippen LogP contribution in [0.4, 0.5) is 0 Å². The largest absolute Gasteiger partial charge is 0.387 e. The normalized spacial score (nSPS) is 22.7. The topological polar surface area (TPSA) is 61.4 Å². The Morgan fingerprint density at radius 3 is 3.00 bits per heavy atom. The SMILES string of the molecule is CCC(CCNC(=O)CO)C1CCNC1. The van der Waals surface area contributed by atoms with Crippen LogP contribution in [0.15, 0.2) is 0 Å². The van der Waals surface area contributed by atoms with Gasteiger partial charge < -0.3 is 15.7 Å². The highest BCUT2D eigenvalue weighted by atomic mass is 16.3. The number of hydrogen-bond donors (Lipinski definition) is 3. The maximum absolute atomic E-state index is 10.8. The quantitative estimate of drug-likeness (QED) is 0.588. The van der Waals surface area contributed by atoms with Crippen LogP contribution >= 0.6 is 0 Å². The number of carbonyl (C=O) groups excluding carboxylic acids is 1. The molecular weight excluding hydrogens is 192 g/mol. The van der Waals surface area contributed by atoms with E-state index in [1.807, 2.05) is 0 Å². The fourth-order valence-electron chi connectivity index (χ4n) is 2.31. The first-order valence-corrected chi connectivity index (χ1v) is 5.86. The first-order chi connectivity index (χ1) is 7.27. The lowest BCUT2D eigenvalue weighted by molar-refractivity contribution is -0.123. The minimum Gasteiger partial charge on any atom is -0.387 e. The monoisotopic (exact) mass is 214 g/mol. The van der Waals surface area contributed by atoms with Crippen LogP contribution in [0.25, 0.3) is 0 Å². The van der Waals surface area contributed by atoms with E-state index < -0.39 is 6.61 Å². The summed E-state index contributed by atoms with van der Waals surface area (Å²) >= 11 is 0. The summed E-state index contributed by atoms with van der Waals surface area (Å²) in [5, 5.41) is 14.6. The number of amides is 1. The molecule has 0 aromatic rings. The van der Waals surface area contributed by atoms with Gasteiger partial charge in [-0.05, 0) is 37.8 Å². The molecule has 4 heteroatoms. The predicted octanol–water partition coefficient (Wildman–Crippen LogP) is 0.121. The number of nitrogens with one attached hydrogen (secondary N) is 2. The standard InChI is InChI=1S/C11H22N2O2/c1-2-9(10-3-5-12-7-10)4-6-13-11(15)8-14/h9-10,12,14H,2-8H2,1H3,(H,13,15). The zero-order valence-corrected chi connectivity index (χ0v) is 9.46. The van der Waals surface area contributed by atoms with Crippen LogP contribution < -0.4 is 10.6 Å². The van der Waals surface area contributed by atoms with Gasteiger partial charge in [-0.25, -0.2) is 0 Å². The molecule has 2 atom stereocenters. The fraction of sp³-hybridized carbons (Fsp3) is 0.909. The van der Waals surface area contributed by atoms with Crippen LogP contribution in [0.1, 0.15) is 26.2 Å². The molecule has 1 aliphatic heterocycles. The van der Waals surface area contributed by atoms with E-state index in [-0.39, 0.29) is 5.91 Å². The highest BCUT2D eigenvalue weighted by molar-refractivity contribution is 5.76. The van der Waals surface area contributed by atoms with E-state index in [9.17, 15) is 4.79 Å². The van der Waals surface area contributed by atoms with E-state index in [1.165, 1.54) is 12.8 Å². The van der Waals surface area contributed by atoms with Crippen molar-refractivity contribution >= 4 is 5.91 Å². The third-order valence-electron chi connectivity index (χ3n) is 3.27. The van der Waals surface area contributed by atoms with Gasteiger partial charge in [-0.2, -0.15) is 0 Å². The van der Waals surface area contributed by atoms with E-state index >= 15 is 0 Å². The summed E-state index contributed by atoms with van der Waals surface area (Å²) in [5.74, 6) is 1.19. The molecule has 88 valence electrons. The van der Waals surface area contributed by atoms with Crippen molar-refractivity contribution in [2.24, 2.45) is 11.8 Å². The summed E-state index contributed by atoms with van der Waals surface area (Å²) in [4.78, 5) is 10.8. The zero-order chi connectivity index (χ0) is 11.1. The number of rotatable bonds is 6. The van der Waals surface area contributed by atoms with Crippen LogP contribution in [-0.4, -0.2) is 37.3 Å². The fourth-order valence-corrected chi connectivity index (χ4v) is 2.31. The number of aliphatic hydroxyl groups excluding tert-OH is 1. The first-order valence-electron chi connectivity index (χ1n) is 5.86. The summed E-state index contributed by atoms with van der Waals surface area (Å²) < 4.78 is 0. The van der Waals surface area contributed by atoms with Gasteiger partial charge in [-0.15, -0.1) is 0 Å². The summed E-state index contributed by atoms with van der Waals surface area (Å²) in [6, 6.07) is 0. The summed E-state index contributed by atoms with van der Waals surface area (Å²) in [7, 11) is 0. The van der Waals surface area contributed by atoms with Crippen molar-refractivity contribution in [1.29, 1.82) is 0 Å². The molecular formula is C11H22N2O2. The molecule has 0 aliphatic carbocycles. The van der Waals surface area contributed by atoms with Crippen molar-refractivity contribution in [1.82, 2.24) is 10.6 Å². The van der Waals surface area contributed by atoms with Crippen molar-refractivity contribution < 1.29 is 9.90 Å². The van der Waals surface area contributed by atoms with Gasteiger partial charge in [0.15, 0.2) is 0 Å². The number of aliphatic hydroxyl groups is 1. The molecule has 1 saturated heterocycles. The van der Waals surface area contributed by atoms with Crippen LogP contribution in [0.5, 0.6) is 0 Å². The Balaban J connectivity index is 2.18. The molecule has 0 aromatic heterocycles. The maximum atomic E-state index is 10.8. The van der Waals surface area contributed by atoms with E-state index in [1.54, 1.807) is 0 Å². The molecule has 1 aliphatic rings. The molecule has 2 unspecified atom stereocenters. The lowest BCUT2D eigenvalue weighted by Gasteiger charge is -2.21. The van der Waals surface area contributed by atoms with Gasteiger partial charge >= 0.3 is 0 Å². The molecule has 3 N–H and O–H groups in total. The van der Waals surface area contributed by atoms with Crippen LogP contribution in [0.3, 0.4) is 0 Å². The lowest BCUT2D eigenvalue weighted by atomic mass is 9.87. The Hall–Kier alpha value is -0.610. The second-order valence-corrected chi connectivity index (χ2v) is 4.22. The van der Waals surface area contributed by atoms with Gasteiger partial charge in [0, 0.05) is 6.54 Å². The lowest BCUT2D eigenvalue weighted by Crippen LogP contribution is -2.30. The van der Waals surface area contributed by atoms with E-state index in [4.69, 9.17) is 5.11 Å². The molecule has 0 radical (unpaired) electrons. The molecule has 0 aromatic carbocycles. The summed E-state index contributed by atoms with van der Waals surface area (Å²) in [5.41, 5.74) is 0. The van der Waals surface area contributed by atoms with Gasteiger partial charge in [-0.1, -0.05) is 13.3 Å². The average molecular weight is 214 g/mol. The van der Waals surface area contributed by atoms with Crippen molar-refractivity contribution in [2.75, 3.05) is 26.2 Å². The Kier molecular flexibility index (Phi) is 5.65. The molecule has 1 heterocycles. The molecule has 4 nitrogen and oxygen atoms in total. The zero-order valence-electron chi connectivity index (χ0n) is 9.46. The van der Waals surface area contributed by atoms with Crippen molar-refractivity contribution in [2.45, 2.75) is 26.2 Å². The smallest absolute Gasteiger partial charge is 0.245 e. The molecule has 1 fully saturated rings. The van der Waals surface area contributed by atoms with Gasteiger partial charge in [-0.3, -0.25) is 4.79 Å². The molecule has 1 rings (SSSR count). The van der Waals surface area contributed by atoms with Crippen LogP contribution in [-0.2, 0) is 4.79 Å². The average Bonchev–Trinajstić information content (AvgIpc) is 2.77. The molecule has 0 bridgehead atoms. The number of carbonyl (C=O) groups is 1. The Labute approximate surface area is 91.4 Å². The molecule has 0 spiro atoms. The third-order valence-corrected chi connectivity index (χ3v) is 3.27. The second kappa shape index (κ2) is 6.80. The predicted molar refractivity (Wildman–Crippen MR) is 59.5 cm³/mol. The maximum Gasteiger partial charge on any atom is 0.245 e. The van der Waals surface area contributed by atoms with Crippen molar-refractivity contribution in [3.8, 4) is 0 Å². The van der Waals surface area contributed by atoms with Gasteiger partial charge in [0.05, 0.1) is 0 Å². The summed E-state index contributed by atoms with van der Waals surface area (Å²) in [6.07, 6.45) is 3.45. The second-order valence-electron chi connectivity index (χ2n) is 4.22. The molecule has 1 amide bonds. The van der Waals surface area contributed by atoms with E-state index in [2.05, 4.69) is 17.6 Å². The van der Waals surface area contributed by atoms with E-state index in [0.29, 0.717) is 12.5 Å². The van der Waals surface area contributed by atoms with Crippen molar-refractivity contribution in [3.05, 3.63) is 0 Å². The van der Waals surface area contributed by atoms with E-state index in [0.717, 1.165) is 25.4 Å².